The summed E-state index contributed by atoms with van der Waals surface area (Å²) in [6.45, 7) is 2.25. The average molecular weight is 304 g/mol. The first kappa shape index (κ1) is 15.3. The summed E-state index contributed by atoms with van der Waals surface area (Å²) in [4.78, 5) is 12.0. The van der Waals surface area contributed by atoms with Crippen LogP contribution >= 0.6 is 0 Å². The first-order chi connectivity index (χ1) is 11.3. The molecule has 0 fully saturated rings. The SMILES string of the molecule is CCOC(=O)C1=CCC(=C(c2ccccc2)c2ccccc2)C1. The number of hydrogen-bond donors (Lipinski definition) is 0. The molecule has 0 spiro atoms. The lowest BCUT2D eigenvalue weighted by molar-refractivity contribution is -0.138. The number of benzene rings is 2. The number of ether oxygens (including phenoxy) is 1. The van der Waals surface area contributed by atoms with Crippen molar-refractivity contribution in [3.63, 3.8) is 0 Å². The van der Waals surface area contributed by atoms with E-state index in [2.05, 4.69) is 24.3 Å². The molecule has 1 aliphatic carbocycles. The molecule has 1 aliphatic rings. The van der Waals surface area contributed by atoms with E-state index in [1.54, 1.807) is 0 Å². The zero-order chi connectivity index (χ0) is 16.1. The second-order valence-electron chi connectivity index (χ2n) is 5.54. The average Bonchev–Trinajstić information content (AvgIpc) is 3.07. The standard InChI is InChI=1S/C21H20O2/c1-2-23-21(22)19-14-13-18(15-19)20(16-9-5-3-6-10-16)17-11-7-4-8-12-17/h3-12,14H,2,13,15H2,1H3. The molecular weight excluding hydrogens is 284 g/mol. The first-order valence-corrected chi connectivity index (χ1v) is 7.98. The molecular formula is C21H20O2. The third kappa shape index (κ3) is 3.42. The fourth-order valence-corrected chi connectivity index (χ4v) is 2.97. The Morgan fingerprint density at radius 2 is 1.52 bits per heavy atom. The summed E-state index contributed by atoms with van der Waals surface area (Å²) in [5.41, 5.74) is 5.64. The molecule has 3 rings (SSSR count). The van der Waals surface area contributed by atoms with E-state index in [1.165, 1.54) is 22.3 Å². The van der Waals surface area contributed by atoms with Gasteiger partial charge < -0.3 is 4.74 Å². The van der Waals surface area contributed by atoms with Crippen molar-refractivity contribution >= 4 is 11.5 Å². The van der Waals surface area contributed by atoms with E-state index < -0.39 is 0 Å². The molecule has 0 radical (unpaired) electrons. The highest BCUT2D eigenvalue weighted by Crippen LogP contribution is 2.35. The van der Waals surface area contributed by atoms with Crippen molar-refractivity contribution in [1.82, 2.24) is 0 Å². The maximum atomic E-state index is 12.0. The monoisotopic (exact) mass is 304 g/mol. The van der Waals surface area contributed by atoms with Gasteiger partial charge >= 0.3 is 5.97 Å². The van der Waals surface area contributed by atoms with E-state index >= 15 is 0 Å². The summed E-state index contributed by atoms with van der Waals surface area (Å²) in [7, 11) is 0. The summed E-state index contributed by atoms with van der Waals surface area (Å²) in [5, 5.41) is 0. The van der Waals surface area contributed by atoms with E-state index in [9.17, 15) is 4.79 Å². The van der Waals surface area contributed by atoms with Crippen LogP contribution in [0.5, 0.6) is 0 Å². The van der Waals surface area contributed by atoms with Crippen LogP contribution in [0.3, 0.4) is 0 Å². The Labute approximate surface area is 137 Å². The van der Waals surface area contributed by atoms with Crippen molar-refractivity contribution in [3.8, 4) is 0 Å². The highest BCUT2D eigenvalue weighted by atomic mass is 16.5. The van der Waals surface area contributed by atoms with Crippen LogP contribution < -0.4 is 0 Å². The smallest absolute Gasteiger partial charge is 0.334 e. The van der Waals surface area contributed by atoms with Crippen molar-refractivity contribution in [2.75, 3.05) is 6.61 Å². The van der Waals surface area contributed by atoms with Gasteiger partial charge in [-0.05, 0) is 30.0 Å². The maximum Gasteiger partial charge on any atom is 0.334 e. The van der Waals surface area contributed by atoms with Gasteiger partial charge in [-0.25, -0.2) is 4.79 Å². The first-order valence-electron chi connectivity index (χ1n) is 7.98. The van der Waals surface area contributed by atoms with Gasteiger partial charge in [0.25, 0.3) is 0 Å². The van der Waals surface area contributed by atoms with Crippen molar-refractivity contribution < 1.29 is 9.53 Å². The summed E-state index contributed by atoms with van der Waals surface area (Å²) in [5.74, 6) is -0.192. The van der Waals surface area contributed by atoms with Gasteiger partial charge in [0.2, 0.25) is 0 Å². The second-order valence-corrected chi connectivity index (χ2v) is 5.54. The van der Waals surface area contributed by atoms with E-state index in [0.717, 1.165) is 12.0 Å². The lowest BCUT2D eigenvalue weighted by atomic mass is 9.91. The Morgan fingerprint density at radius 1 is 0.957 bits per heavy atom. The molecule has 0 N–H and O–H groups in total. The largest absolute Gasteiger partial charge is 0.463 e. The van der Waals surface area contributed by atoms with Gasteiger partial charge in [-0.1, -0.05) is 72.3 Å². The predicted molar refractivity (Wildman–Crippen MR) is 92.9 cm³/mol. The molecule has 23 heavy (non-hydrogen) atoms. The normalized spacial score (nSPS) is 13.6. The number of carbonyl (C=O) groups excluding carboxylic acids is 1. The third-order valence-corrected chi connectivity index (χ3v) is 4.01. The molecule has 2 heteroatoms. The van der Waals surface area contributed by atoms with E-state index in [4.69, 9.17) is 4.74 Å². The zero-order valence-corrected chi connectivity index (χ0v) is 13.3. The maximum absolute atomic E-state index is 12.0. The lowest BCUT2D eigenvalue weighted by Crippen LogP contribution is -2.06. The number of esters is 1. The molecule has 0 amide bonds. The Bertz CT molecular complexity index is 698. The van der Waals surface area contributed by atoms with Crippen LogP contribution in [0.4, 0.5) is 0 Å². The fraction of sp³-hybridized carbons (Fsp3) is 0.190. The summed E-state index contributed by atoms with van der Waals surface area (Å²) in [6.07, 6.45) is 3.46. The van der Waals surface area contributed by atoms with Crippen LogP contribution in [0.25, 0.3) is 5.57 Å². The van der Waals surface area contributed by atoms with Crippen LogP contribution in [0.1, 0.15) is 30.9 Å². The van der Waals surface area contributed by atoms with Crippen molar-refractivity contribution in [3.05, 3.63) is 89.0 Å². The van der Waals surface area contributed by atoms with E-state index in [1.807, 2.05) is 49.4 Å². The number of allylic oxidation sites excluding steroid dienone is 2. The van der Waals surface area contributed by atoms with Gasteiger partial charge in [0.15, 0.2) is 0 Å². The Balaban J connectivity index is 1.99. The minimum absolute atomic E-state index is 0.192. The molecule has 2 nitrogen and oxygen atoms in total. The molecule has 0 heterocycles. The van der Waals surface area contributed by atoms with Crippen LogP contribution in [-0.4, -0.2) is 12.6 Å². The molecule has 0 unspecified atom stereocenters. The zero-order valence-electron chi connectivity index (χ0n) is 13.3. The summed E-state index contributed by atoms with van der Waals surface area (Å²) < 4.78 is 5.14. The Morgan fingerprint density at radius 3 is 2.04 bits per heavy atom. The number of rotatable bonds is 4. The minimum Gasteiger partial charge on any atom is -0.463 e. The lowest BCUT2D eigenvalue weighted by Gasteiger charge is -2.13. The molecule has 0 saturated carbocycles. The van der Waals surface area contributed by atoms with Crippen LogP contribution in [0.2, 0.25) is 0 Å². The Kier molecular flexibility index (Phi) is 4.72. The summed E-state index contributed by atoms with van der Waals surface area (Å²) in [6, 6.07) is 20.7. The van der Waals surface area contributed by atoms with Gasteiger partial charge in [-0.15, -0.1) is 0 Å². The second kappa shape index (κ2) is 7.10. The van der Waals surface area contributed by atoms with Crippen LogP contribution in [-0.2, 0) is 9.53 Å². The third-order valence-electron chi connectivity index (χ3n) is 4.01. The van der Waals surface area contributed by atoms with Gasteiger partial charge in [-0.2, -0.15) is 0 Å². The van der Waals surface area contributed by atoms with Gasteiger partial charge in [0.05, 0.1) is 6.61 Å². The Hall–Kier alpha value is -2.61. The summed E-state index contributed by atoms with van der Waals surface area (Å²) >= 11 is 0. The van der Waals surface area contributed by atoms with Crippen molar-refractivity contribution in [1.29, 1.82) is 0 Å². The van der Waals surface area contributed by atoms with Gasteiger partial charge in [0.1, 0.15) is 0 Å². The molecule has 0 aliphatic heterocycles. The van der Waals surface area contributed by atoms with E-state index in [-0.39, 0.29) is 5.97 Å². The molecule has 2 aromatic rings. The number of carbonyl (C=O) groups is 1. The highest BCUT2D eigenvalue weighted by Gasteiger charge is 2.21. The van der Waals surface area contributed by atoms with Gasteiger partial charge in [0, 0.05) is 12.0 Å². The molecule has 0 bridgehead atoms. The molecule has 0 saturated heterocycles. The predicted octanol–water partition coefficient (Wildman–Crippen LogP) is 4.77. The fourth-order valence-electron chi connectivity index (χ4n) is 2.97. The molecule has 2 aromatic carbocycles. The quantitative estimate of drug-likeness (QED) is 0.760. The number of hydrogen-bond acceptors (Lipinski definition) is 2. The minimum atomic E-state index is -0.192. The topological polar surface area (TPSA) is 26.3 Å². The van der Waals surface area contributed by atoms with Crippen LogP contribution in [0, 0.1) is 0 Å². The van der Waals surface area contributed by atoms with Crippen molar-refractivity contribution in [2.45, 2.75) is 19.8 Å². The highest BCUT2D eigenvalue weighted by molar-refractivity contribution is 5.92. The molecule has 116 valence electrons. The molecule has 0 aromatic heterocycles. The van der Waals surface area contributed by atoms with Gasteiger partial charge in [-0.3, -0.25) is 0 Å². The molecule has 0 atom stereocenters. The van der Waals surface area contributed by atoms with Crippen molar-refractivity contribution in [2.24, 2.45) is 0 Å². The van der Waals surface area contributed by atoms with E-state index in [0.29, 0.717) is 13.0 Å². The van der Waals surface area contributed by atoms with Crippen LogP contribution in [0.15, 0.2) is 77.9 Å².